The Balaban J connectivity index is 1.57. The predicted molar refractivity (Wildman–Crippen MR) is 95.7 cm³/mol. The van der Waals surface area contributed by atoms with Gasteiger partial charge in [-0.05, 0) is 12.1 Å². The number of hydrogen-bond acceptors (Lipinski definition) is 5. The zero-order valence-electron chi connectivity index (χ0n) is 13.2. The molecule has 0 aliphatic heterocycles. The zero-order chi connectivity index (χ0) is 17.6. The van der Waals surface area contributed by atoms with Gasteiger partial charge in [0.15, 0.2) is 0 Å². The van der Waals surface area contributed by atoms with Crippen LogP contribution in [0.15, 0.2) is 53.2 Å². The third-order valence-electron chi connectivity index (χ3n) is 3.56. The molecule has 0 atom stereocenters. The largest absolute Gasteiger partial charge is 0.478 e. The number of thiophene rings is 1. The molecule has 0 saturated heterocycles. The molecule has 0 aliphatic carbocycles. The summed E-state index contributed by atoms with van der Waals surface area (Å²) in [7, 11) is 0. The number of carbonyl (C=O) groups excluding carboxylic acids is 1. The molecular formula is C18H15N3O3S. The molecule has 0 unspecified atom stereocenters. The lowest BCUT2D eigenvalue weighted by Crippen LogP contribution is -2.14. The Bertz CT molecular complexity index is 876. The van der Waals surface area contributed by atoms with Crippen molar-refractivity contribution >= 4 is 28.9 Å². The number of carbonyl (C=O) groups is 2. The van der Waals surface area contributed by atoms with Crippen LogP contribution in [0, 0.1) is 0 Å². The number of anilines is 1. The summed E-state index contributed by atoms with van der Waals surface area (Å²) < 4.78 is 0. The van der Waals surface area contributed by atoms with Gasteiger partial charge >= 0.3 is 5.97 Å². The van der Waals surface area contributed by atoms with E-state index in [1.54, 1.807) is 5.38 Å². The number of rotatable bonds is 6. The first-order chi connectivity index (χ1) is 12.1. The van der Waals surface area contributed by atoms with Crippen molar-refractivity contribution in [1.29, 1.82) is 0 Å². The van der Waals surface area contributed by atoms with Gasteiger partial charge in [-0.2, -0.15) is 10.2 Å². The van der Waals surface area contributed by atoms with E-state index in [4.69, 9.17) is 5.11 Å². The minimum Gasteiger partial charge on any atom is -0.478 e. The highest BCUT2D eigenvalue weighted by Crippen LogP contribution is 2.21. The van der Waals surface area contributed by atoms with Gasteiger partial charge in [0, 0.05) is 29.2 Å². The number of aromatic carboxylic acids is 1. The van der Waals surface area contributed by atoms with Gasteiger partial charge in [-0.15, -0.1) is 11.3 Å². The van der Waals surface area contributed by atoms with Gasteiger partial charge in [0.1, 0.15) is 0 Å². The van der Waals surface area contributed by atoms with Crippen LogP contribution >= 0.6 is 11.3 Å². The molecule has 2 aromatic heterocycles. The molecule has 25 heavy (non-hydrogen) atoms. The highest BCUT2D eigenvalue weighted by Gasteiger charge is 2.13. The van der Waals surface area contributed by atoms with E-state index in [1.165, 1.54) is 16.7 Å². The van der Waals surface area contributed by atoms with E-state index in [1.807, 2.05) is 42.5 Å². The molecule has 2 N–H and O–H groups in total. The number of nitrogens with zero attached hydrogens (tertiary/aromatic N) is 2. The van der Waals surface area contributed by atoms with Crippen LogP contribution in [0.4, 0.5) is 5.69 Å². The number of carboxylic acid groups (broad SMARTS) is 1. The van der Waals surface area contributed by atoms with Crippen molar-refractivity contribution in [1.82, 2.24) is 10.2 Å². The second kappa shape index (κ2) is 7.67. The molecule has 126 valence electrons. The lowest BCUT2D eigenvalue weighted by Gasteiger charge is -2.05. The highest BCUT2D eigenvalue weighted by molar-refractivity contribution is 7.08. The third kappa shape index (κ3) is 4.27. The molecule has 2 heterocycles. The van der Waals surface area contributed by atoms with Crippen molar-refractivity contribution in [2.24, 2.45) is 0 Å². The molecule has 7 heteroatoms. The maximum absolute atomic E-state index is 12.0. The Hall–Kier alpha value is -3.06. The van der Waals surface area contributed by atoms with Gasteiger partial charge in [0.25, 0.3) is 0 Å². The molecule has 0 spiro atoms. The molecular weight excluding hydrogens is 338 g/mol. The number of nitrogens with one attached hydrogen (secondary N) is 1. The molecule has 0 aliphatic rings. The van der Waals surface area contributed by atoms with Crippen molar-refractivity contribution in [3.63, 3.8) is 0 Å². The van der Waals surface area contributed by atoms with Gasteiger partial charge < -0.3 is 10.4 Å². The monoisotopic (exact) mass is 353 g/mol. The SMILES string of the molecule is O=C(CCc1ccc(-c2ccccc2)nn1)Nc1cscc1C(=O)O. The molecule has 0 bridgehead atoms. The summed E-state index contributed by atoms with van der Waals surface area (Å²) in [6.07, 6.45) is 0.634. The number of benzene rings is 1. The van der Waals surface area contributed by atoms with Crippen molar-refractivity contribution in [2.75, 3.05) is 5.32 Å². The maximum Gasteiger partial charge on any atom is 0.338 e. The number of amides is 1. The summed E-state index contributed by atoms with van der Waals surface area (Å²) >= 11 is 1.23. The van der Waals surface area contributed by atoms with Crippen molar-refractivity contribution in [3.05, 3.63) is 64.5 Å². The van der Waals surface area contributed by atoms with Crippen LogP contribution in [0.25, 0.3) is 11.3 Å². The third-order valence-corrected chi connectivity index (χ3v) is 4.31. The van der Waals surface area contributed by atoms with Crippen LogP contribution in [-0.4, -0.2) is 27.2 Å². The Morgan fingerprint density at radius 3 is 2.52 bits per heavy atom. The molecule has 1 aromatic carbocycles. The number of hydrogen-bond donors (Lipinski definition) is 2. The fourth-order valence-electron chi connectivity index (χ4n) is 2.27. The van der Waals surface area contributed by atoms with Gasteiger partial charge in [-0.1, -0.05) is 30.3 Å². The number of aryl methyl sites for hydroxylation is 1. The number of carboxylic acids is 1. The van der Waals surface area contributed by atoms with Gasteiger partial charge in [0.05, 0.1) is 22.6 Å². The van der Waals surface area contributed by atoms with Gasteiger partial charge in [-0.3, -0.25) is 4.79 Å². The topological polar surface area (TPSA) is 92.2 Å². The van der Waals surface area contributed by atoms with E-state index in [2.05, 4.69) is 15.5 Å². The normalized spacial score (nSPS) is 10.4. The fourth-order valence-corrected chi connectivity index (χ4v) is 3.02. The minimum atomic E-state index is -1.06. The molecule has 3 rings (SSSR count). The van der Waals surface area contributed by atoms with E-state index in [0.717, 1.165) is 11.3 Å². The average Bonchev–Trinajstić information content (AvgIpc) is 3.09. The van der Waals surface area contributed by atoms with Crippen molar-refractivity contribution in [2.45, 2.75) is 12.8 Å². The van der Waals surface area contributed by atoms with E-state index in [0.29, 0.717) is 17.8 Å². The first-order valence-electron chi connectivity index (χ1n) is 7.61. The summed E-state index contributed by atoms with van der Waals surface area (Å²) in [4.78, 5) is 23.0. The van der Waals surface area contributed by atoms with Crippen LogP contribution < -0.4 is 5.32 Å². The van der Waals surface area contributed by atoms with Crippen molar-refractivity contribution in [3.8, 4) is 11.3 Å². The van der Waals surface area contributed by atoms with E-state index < -0.39 is 5.97 Å². The highest BCUT2D eigenvalue weighted by atomic mass is 32.1. The quantitative estimate of drug-likeness (QED) is 0.708. The molecule has 1 amide bonds. The minimum absolute atomic E-state index is 0.102. The van der Waals surface area contributed by atoms with E-state index >= 15 is 0 Å². The lowest BCUT2D eigenvalue weighted by atomic mass is 10.1. The van der Waals surface area contributed by atoms with Gasteiger partial charge in [0.2, 0.25) is 5.91 Å². The van der Waals surface area contributed by atoms with E-state index in [9.17, 15) is 9.59 Å². The summed E-state index contributed by atoms with van der Waals surface area (Å²) in [5, 5.41) is 23.1. The summed E-state index contributed by atoms with van der Waals surface area (Å²) in [6.45, 7) is 0. The zero-order valence-corrected chi connectivity index (χ0v) is 14.0. The summed E-state index contributed by atoms with van der Waals surface area (Å²) in [6, 6.07) is 13.4. The van der Waals surface area contributed by atoms with Crippen LogP contribution in [0.2, 0.25) is 0 Å². The second-order valence-corrected chi connectivity index (χ2v) is 6.07. The standard InChI is InChI=1S/C18H15N3O3S/c22-17(19-16-11-25-10-14(16)18(23)24)9-7-13-6-8-15(21-20-13)12-4-2-1-3-5-12/h1-6,8,10-11H,7,9H2,(H,19,22)(H,23,24). The first kappa shape index (κ1) is 16.8. The van der Waals surface area contributed by atoms with Gasteiger partial charge in [-0.25, -0.2) is 4.79 Å². The van der Waals surface area contributed by atoms with Crippen LogP contribution in [-0.2, 0) is 11.2 Å². The average molecular weight is 353 g/mol. The van der Waals surface area contributed by atoms with E-state index in [-0.39, 0.29) is 17.9 Å². The Morgan fingerprint density at radius 1 is 1.04 bits per heavy atom. The van der Waals surface area contributed by atoms with Crippen LogP contribution in [0.1, 0.15) is 22.5 Å². The first-order valence-corrected chi connectivity index (χ1v) is 8.55. The molecule has 3 aromatic rings. The molecule has 0 saturated carbocycles. The van der Waals surface area contributed by atoms with Crippen LogP contribution in [0.5, 0.6) is 0 Å². The second-order valence-electron chi connectivity index (χ2n) is 5.33. The smallest absolute Gasteiger partial charge is 0.338 e. The van der Waals surface area contributed by atoms with Crippen LogP contribution in [0.3, 0.4) is 0 Å². The number of aromatic nitrogens is 2. The maximum atomic E-state index is 12.0. The lowest BCUT2D eigenvalue weighted by molar-refractivity contribution is -0.116. The molecule has 0 radical (unpaired) electrons. The molecule has 6 nitrogen and oxygen atoms in total. The summed E-state index contributed by atoms with van der Waals surface area (Å²) in [5.74, 6) is -1.31. The van der Waals surface area contributed by atoms with Crippen molar-refractivity contribution < 1.29 is 14.7 Å². The molecule has 0 fully saturated rings. The fraction of sp³-hybridized carbons (Fsp3) is 0.111. The predicted octanol–water partition coefficient (Wildman–Crippen LogP) is 3.47. The Labute approximate surface area is 148 Å². The summed E-state index contributed by atoms with van der Waals surface area (Å²) in [5.41, 5.74) is 2.90. The Morgan fingerprint density at radius 2 is 1.84 bits per heavy atom. The Kier molecular flexibility index (Phi) is 5.15.